The molecule has 4 nitrogen and oxygen atoms in total. The van der Waals surface area contributed by atoms with Gasteiger partial charge < -0.3 is 14.8 Å². The van der Waals surface area contributed by atoms with Gasteiger partial charge in [-0.25, -0.2) is 13.8 Å². The standard InChI is InChI=1S/C18H12ClF5N2O2S/c1-27-10-2-3-15(14(6-10)25-7-11-8-26-17(19)29-11)28-16-12(20)4-9(5-13(16)21)18(22,23)24/h2-6,8,25H,7H2,1H3. The molecule has 0 radical (unpaired) electrons. The fraction of sp³-hybridized carbons (Fsp3) is 0.167. The Morgan fingerprint density at radius 3 is 2.38 bits per heavy atom. The average Bonchev–Trinajstić information content (AvgIpc) is 3.07. The number of benzene rings is 2. The van der Waals surface area contributed by atoms with Gasteiger partial charge in [0.2, 0.25) is 0 Å². The van der Waals surface area contributed by atoms with Crippen LogP contribution in [-0.4, -0.2) is 12.1 Å². The average molecular weight is 451 g/mol. The van der Waals surface area contributed by atoms with Gasteiger partial charge in [0.25, 0.3) is 0 Å². The van der Waals surface area contributed by atoms with E-state index >= 15 is 0 Å². The number of hydrogen-bond acceptors (Lipinski definition) is 5. The predicted molar refractivity (Wildman–Crippen MR) is 98.9 cm³/mol. The molecular formula is C18H12ClF5N2O2S. The number of nitrogens with zero attached hydrogens (tertiary/aromatic N) is 1. The van der Waals surface area contributed by atoms with Crippen molar-refractivity contribution in [3.63, 3.8) is 0 Å². The van der Waals surface area contributed by atoms with E-state index in [9.17, 15) is 22.0 Å². The number of anilines is 1. The van der Waals surface area contributed by atoms with Gasteiger partial charge in [-0.1, -0.05) is 11.6 Å². The molecule has 0 saturated heterocycles. The molecule has 154 valence electrons. The van der Waals surface area contributed by atoms with E-state index in [1.807, 2.05) is 0 Å². The summed E-state index contributed by atoms with van der Waals surface area (Å²) in [5.41, 5.74) is -1.15. The number of nitrogens with one attached hydrogen (secondary N) is 1. The molecule has 0 saturated carbocycles. The van der Waals surface area contributed by atoms with Crippen molar-refractivity contribution in [2.24, 2.45) is 0 Å². The summed E-state index contributed by atoms with van der Waals surface area (Å²) in [4.78, 5) is 4.67. The smallest absolute Gasteiger partial charge is 0.416 e. The molecule has 1 aromatic heterocycles. The molecule has 2 aromatic carbocycles. The lowest BCUT2D eigenvalue weighted by molar-refractivity contribution is -0.138. The van der Waals surface area contributed by atoms with E-state index in [1.165, 1.54) is 36.6 Å². The normalized spacial score (nSPS) is 11.4. The van der Waals surface area contributed by atoms with Gasteiger partial charge in [-0.05, 0) is 24.3 Å². The van der Waals surface area contributed by atoms with Crippen LogP contribution in [0.5, 0.6) is 17.2 Å². The first kappa shape index (κ1) is 21.1. The van der Waals surface area contributed by atoms with Gasteiger partial charge in [0.15, 0.2) is 27.6 Å². The van der Waals surface area contributed by atoms with Crippen LogP contribution in [0.1, 0.15) is 10.4 Å². The highest BCUT2D eigenvalue weighted by Crippen LogP contribution is 2.38. The van der Waals surface area contributed by atoms with E-state index in [4.69, 9.17) is 21.1 Å². The summed E-state index contributed by atoms with van der Waals surface area (Å²) < 4.78 is 77.1. The Bertz CT molecular complexity index is 1000. The topological polar surface area (TPSA) is 43.4 Å². The highest BCUT2D eigenvalue weighted by molar-refractivity contribution is 7.15. The predicted octanol–water partition coefficient (Wildman–Crippen LogP) is 6.51. The molecule has 0 bridgehead atoms. The maximum Gasteiger partial charge on any atom is 0.416 e. The zero-order chi connectivity index (χ0) is 21.2. The molecule has 0 amide bonds. The van der Waals surface area contributed by atoms with E-state index < -0.39 is 29.1 Å². The monoisotopic (exact) mass is 450 g/mol. The summed E-state index contributed by atoms with van der Waals surface area (Å²) in [6, 6.07) is 4.71. The first-order chi connectivity index (χ1) is 13.7. The summed E-state index contributed by atoms with van der Waals surface area (Å²) in [7, 11) is 1.43. The van der Waals surface area contributed by atoms with Crippen molar-refractivity contribution in [1.29, 1.82) is 0 Å². The van der Waals surface area contributed by atoms with Crippen LogP contribution in [0.3, 0.4) is 0 Å². The molecule has 11 heteroatoms. The third kappa shape index (κ3) is 5.07. The molecule has 1 N–H and O–H groups in total. The van der Waals surface area contributed by atoms with Crippen molar-refractivity contribution in [3.05, 3.63) is 63.1 Å². The van der Waals surface area contributed by atoms with Crippen LogP contribution < -0.4 is 14.8 Å². The molecule has 0 aliphatic heterocycles. The molecule has 1 heterocycles. The highest BCUT2D eigenvalue weighted by atomic mass is 35.5. The first-order valence-electron chi connectivity index (χ1n) is 7.93. The molecule has 0 aliphatic carbocycles. The van der Waals surface area contributed by atoms with Crippen LogP contribution in [0.15, 0.2) is 36.5 Å². The van der Waals surface area contributed by atoms with Gasteiger partial charge in [0.1, 0.15) is 5.75 Å². The van der Waals surface area contributed by atoms with E-state index in [0.29, 0.717) is 15.9 Å². The Hall–Kier alpha value is -2.59. The third-order valence-electron chi connectivity index (χ3n) is 3.70. The van der Waals surface area contributed by atoms with Crippen LogP contribution in [0.4, 0.5) is 27.6 Å². The van der Waals surface area contributed by atoms with E-state index in [2.05, 4.69) is 10.3 Å². The number of aromatic nitrogens is 1. The SMILES string of the molecule is COc1ccc(Oc2c(F)cc(C(F)(F)F)cc2F)c(NCc2cnc(Cl)s2)c1. The molecule has 0 atom stereocenters. The van der Waals surface area contributed by atoms with Crippen molar-refractivity contribution < 1.29 is 31.4 Å². The number of rotatable bonds is 6. The molecular weight excluding hydrogens is 439 g/mol. The number of methoxy groups -OCH3 is 1. The minimum Gasteiger partial charge on any atom is -0.497 e. The lowest BCUT2D eigenvalue weighted by atomic mass is 10.2. The molecule has 0 spiro atoms. The van der Waals surface area contributed by atoms with Crippen LogP contribution in [0, 0.1) is 11.6 Å². The van der Waals surface area contributed by atoms with E-state index in [1.54, 1.807) is 6.20 Å². The summed E-state index contributed by atoms with van der Waals surface area (Å²) in [5.74, 6) is -3.50. The number of alkyl halides is 3. The van der Waals surface area contributed by atoms with Crippen LogP contribution in [-0.2, 0) is 12.7 Å². The second-order valence-electron chi connectivity index (χ2n) is 5.66. The molecule has 0 fully saturated rings. The Labute approximate surface area is 170 Å². The molecule has 3 aromatic rings. The number of halogens is 6. The van der Waals surface area contributed by atoms with E-state index in [0.717, 1.165) is 4.88 Å². The maximum atomic E-state index is 14.1. The van der Waals surface area contributed by atoms with Gasteiger partial charge in [-0.15, -0.1) is 11.3 Å². The number of thiazole rings is 1. The van der Waals surface area contributed by atoms with Crippen molar-refractivity contribution in [2.75, 3.05) is 12.4 Å². The zero-order valence-electron chi connectivity index (χ0n) is 14.6. The summed E-state index contributed by atoms with van der Waals surface area (Å²) in [6.07, 6.45) is -3.33. The molecule has 0 aliphatic rings. The zero-order valence-corrected chi connectivity index (χ0v) is 16.2. The quantitative estimate of drug-likeness (QED) is 0.435. The second kappa shape index (κ2) is 8.42. The minimum absolute atomic E-state index is 0.0148. The molecule has 29 heavy (non-hydrogen) atoms. The van der Waals surface area contributed by atoms with Crippen molar-refractivity contribution in [3.8, 4) is 17.2 Å². The lowest BCUT2D eigenvalue weighted by Gasteiger charge is -2.16. The van der Waals surface area contributed by atoms with Gasteiger partial charge in [-0.3, -0.25) is 0 Å². The van der Waals surface area contributed by atoms with Crippen molar-refractivity contribution >= 4 is 28.6 Å². The Kier molecular flexibility index (Phi) is 6.13. The molecule has 0 unspecified atom stereocenters. The van der Waals surface area contributed by atoms with Crippen LogP contribution in [0.2, 0.25) is 4.47 Å². The fourth-order valence-electron chi connectivity index (χ4n) is 2.34. The van der Waals surface area contributed by atoms with Crippen LogP contribution in [0.25, 0.3) is 0 Å². The summed E-state index contributed by atoms with van der Waals surface area (Å²) in [5, 5.41) is 2.99. The maximum absolute atomic E-state index is 14.1. The Balaban J connectivity index is 1.90. The number of ether oxygens (including phenoxy) is 2. The summed E-state index contributed by atoms with van der Waals surface area (Å²) >= 11 is 7.01. The van der Waals surface area contributed by atoms with Gasteiger partial charge in [0, 0.05) is 17.1 Å². The van der Waals surface area contributed by atoms with Crippen molar-refractivity contribution in [1.82, 2.24) is 4.98 Å². The third-order valence-corrected chi connectivity index (χ3v) is 4.82. The first-order valence-corrected chi connectivity index (χ1v) is 9.13. The van der Waals surface area contributed by atoms with Gasteiger partial charge in [-0.2, -0.15) is 13.2 Å². The van der Waals surface area contributed by atoms with Crippen molar-refractivity contribution in [2.45, 2.75) is 12.7 Å². The van der Waals surface area contributed by atoms with Gasteiger partial charge in [0.05, 0.1) is 24.9 Å². The van der Waals surface area contributed by atoms with Crippen LogP contribution >= 0.6 is 22.9 Å². The minimum atomic E-state index is -4.89. The highest BCUT2D eigenvalue weighted by Gasteiger charge is 2.33. The second-order valence-corrected chi connectivity index (χ2v) is 7.36. The number of hydrogen-bond donors (Lipinski definition) is 1. The Morgan fingerprint density at radius 2 is 1.83 bits per heavy atom. The summed E-state index contributed by atoms with van der Waals surface area (Å²) in [6.45, 7) is 0.270. The Morgan fingerprint density at radius 1 is 1.14 bits per heavy atom. The van der Waals surface area contributed by atoms with E-state index in [-0.39, 0.29) is 24.4 Å². The van der Waals surface area contributed by atoms with Gasteiger partial charge >= 0.3 is 6.18 Å². The molecule has 3 rings (SSSR count). The lowest BCUT2D eigenvalue weighted by Crippen LogP contribution is -2.07. The fourth-order valence-corrected chi connectivity index (χ4v) is 3.26. The largest absolute Gasteiger partial charge is 0.497 e.